The Kier molecular flexibility index (Phi) is 4.81. The Morgan fingerprint density at radius 2 is 1.82 bits per heavy atom. The van der Waals surface area contributed by atoms with Gasteiger partial charge in [-0.3, -0.25) is 4.79 Å². The second-order valence-electron chi connectivity index (χ2n) is 6.25. The van der Waals surface area contributed by atoms with E-state index in [0.717, 1.165) is 0 Å². The Balaban J connectivity index is 2.03. The molecule has 0 saturated carbocycles. The van der Waals surface area contributed by atoms with Crippen LogP contribution in [0.15, 0.2) is 0 Å². The molecule has 0 aromatic carbocycles. The lowest BCUT2D eigenvalue weighted by molar-refractivity contribution is -0.157. The minimum Gasteiger partial charge on any atom is -0.480 e. The van der Waals surface area contributed by atoms with E-state index in [1.807, 2.05) is 0 Å². The second-order valence-corrected chi connectivity index (χ2v) is 8.50. The monoisotopic (exact) mass is 332 g/mol. The maximum atomic E-state index is 12.6. The number of likely N-dealkylation sites (tertiary alicyclic amines) is 1. The molecule has 0 aromatic rings. The van der Waals surface area contributed by atoms with Gasteiger partial charge in [-0.1, -0.05) is 0 Å². The first-order valence-corrected chi connectivity index (χ1v) is 9.36. The van der Waals surface area contributed by atoms with Gasteiger partial charge in [0.2, 0.25) is 15.9 Å². The van der Waals surface area contributed by atoms with E-state index in [9.17, 15) is 23.1 Å². The molecule has 2 aliphatic rings. The molecule has 0 unspecified atom stereocenters. The lowest BCUT2D eigenvalue weighted by atomic mass is 9.93. The van der Waals surface area contributed by atoms with Gasteiger partial charge in [0.15, 0.2) is 0 Å². The first-order chi connectivity index (χ1) is 10.2. The topological polar surface area (TPSA) is 95.0 Å². The van der Waals surface area contributed by atoms with Gasteiger partial charge in [-0.15, -0.1) is 0 Å². The van der Waals surface area contributed by atoms with Crippen molar-refractivity contribution in [2.75, 3.05) is 25.4 Å². The Morgan fingerprint density at radius 3 is 2.32 bits per heavy atom. The molecule has 8 heteroatoms. The Hall–Kier alpha value is -1.15. The summed E-state index contributed by atoms with van der Waals surface area (Å²) in [5.41, 5.74) is -1.12. The smallest absolute Gasteiger partial charge is 0.329 e. The summed E-state index contributed by atoms with van der Waals surface area (Å²) >= 11 is 0. The number of carbonyl (C=O) groups is 2. The molecule has 0 spiro atoms. The van der Waals surface area contributed by atoms with Crippen molar-refractivity contribution < 1.29 is 23.1 Å². The third-order valence-corrected chi connectivity index (χ3v) is 6.81. The van der Waals surface area contributed by atoms with Gasteiger partial charge in [-0.25, -0.2) is 17.5 Å². The molecule has 1 amide bonds. The highest BCUT2D eigenvalue weighted by atomic mass is 32.2. The molecule has 0 bridgehead atoms. The van der Waals surface area contributed by atoms with Crippen molar-refractivity contribution in [1.29, 1.82) is 0 Å². The van der Waals surface area contributed by atoms with E-state index in [1.54, 1.807) is 13.8 Å². The molecule has 126 valence electrons. The number of hydrogen-bond acceptors (Lipinski definition) is 4. The molecule has 1 atom stereocenters. The summed E-state index contributed by atoms with van der Waals surface area (Å²) in [5, 5.41) is 9.39. The van der Waals surface area contributed by atoms with Crippen LogP contribution in [0.2, 0.25) is 0 Å². The molecule has 2 rings (SSSR count). The Labute approximate surface area is 131 Å². The zero-order valence-corrected chi connectivity index (χ0v) is 13.9. The van der Waals surface area contributed by atoms with Gasteiger partial charge in [-0.05, 0) is 39.5 Å². The number of nitrogens with zero attached hydrogens (tertiary/aromatic N) is 2. The molecule has 0 radical (unpaired) electrons. The average molecular weight is 332 g/mol. The van der Waals surface area contributed by atoms with Crippen molar-refractivity contribution in [1.82, 2.24) is 9.21 Å². The van der Waals surface area contributed by atoms with Gasteiger partial charge in [0.25, 0.3) is 0 Å². The summed E-state index contributed by atoms with van der Waals surface area (Å²) in [5.74, 6) is -1.32. The first-order valence-electron chi connectivity index (χ1n) is 7.75. The van der Waals surface area contributed by atoms with Crippen LogP contribution in [-0.4, -0.2) is 65.5 Å². The minimum atomic E-state index is -3.21. The summed E-state index contributed by atoms with van der Waals surface area (Å²) in [6.07, 6.45) is 2.09. The van der Waals surface area contributed by atoms with Crippen molar-refractivity contribution >= 4 is 21.9 Å². The maximum absolute atomic E-state index is 12.6. The van der Waals surface area contributed by atoms with Crippen molar-refractivity contribution in [3.05, 3.63) is 0 Å². The highest BCUT2D eigenvalue weighted by Crippen LogP contribution is 2.33. The van der Waals surface area contributed by atoms with E-state index in [1.165, 1.54) is 9.21 Å². The van der Waals surface area contributed by atoms with Crippen molar-refractivity contribution in [2.24, 2.45) is 5.92 Å². The van der Waals surface area contributed by atoms with Crippen LogP contribution in [-0.2, 0) is 19.6 Å². The van der Waals surface area contributed by atoms with Gasteiger partial charge in [0.05, 0.1) is 5.75 Å². The molecule has 0 aliphatic carbocycles. The fourth-order valence-corrected chi connectivity index (χ4v) is 4.46. The first kappa shape index (κ1) is 17.2. The number of amides is 1. The zero-order valence-electron chi connectivity index (χ0n) is 13.1. The number of sulfonamides is 1. The van der Waals surface area contributed by atoms with Crippen LogP contribution in [0.4, 0.5) is 0 Å². The molecule has 22 heavy (non-hydrogen) atoms. The number of carbonyl (C=O) groups excluding carboxylic acids is 1. The van der Waals surface area contributed by atoms with E-state index in [0.29, 0.717) is 45.3 Å². The molecule has 0 aromatic heterocycles. The predicted octanol–water partition coefficient (Wildman–Crippen LogP) is 0.514. The molecule has 1 N–H and O–H groups in total. The van der Waals surface area contributed by atoms with Gasteiger partial charge >= 0.3 is 5.97 Å². The van der Waals surface area contributed by atoms with Gasteiger partial charge < -0.3 is 10.0 Å². The number of hydrogen-bond donors (Lipinski definition) is 1. The quantitative estimate of drug-likeness (QED) is 0.809. The van der Waals surface area contributed by atoms with Crippen LogP contribution in [0, 0.1) is 5.92 Å². The molecule has 7 nitrogen and oxygen atoms in total. The third-order valence-electron chi connectivity index (χ3n) is 4.93. The number of carboxylic acid groups (broad SMARTS) is 1. The largest absolute Gasteiger partial charge is 0.480 e. The number of rotatable bonds is 4. The molecule has 2 aliphatic heterocycles. The summed E-state index contributed by atoms with van der Waals surface area (Å²) in [6.45, 7) is 4.34. The molecule has 2 heterocycles. The number of carboxylic acids is 1. The van der Waals surface area contributed by atoms with Crippen molar-refractivity contribution in [3.8, 4) is 0 Å². The fourth-order valence-electron chi connectivity index (χ4n) is 3.32. The lowest BCUT2D eigenvalue weighted by Gasteiger charge is -2.37. The third kappa shape index (κ3) is 2.99. The predicted molar refractivity (Wildman–Crippen MR) is 80.7 cm³/mol. The standard InChI is InChI=1S/C14H24N2O5S/c1-3-22(20,21)15-9-5-11(6-10-15)12(17)16-8-4-7-14(16,2)13(18)19/h11H,3-10H2,1-2H3,(H,18,19)/t14-/m1/s1. The maximum Gasteiger partial charge on any atom is 0.329 e. The van der Waals surface area contributed by atoms with E-state index in [4.69, 9.17) is 0 Å². The second kappa shape index (κ2) is 6.16. The number of aliphatic carboxylic acids is 1. The Morgan fingerprint density at radius 1 is 1.23 bits per heavy atom. The van der Waals surface area contributed by atoms with Gasteiger partial charge in [0.1, 0.15) is 5.54 Å². The van der Waals surface area contributed by atoms with E-state index in [2.05, 4.69) is 0 Å². The summed E-state index contributed by atoms with van der Waals surface area (Å²) in [7, 11) is -3.21. The van der Waals surface area contributed by atoms with E-state index >= 15 is 0 Å². The van der Waals surface area contributed by atoms with Crippen LogP contribution in [0.5, 0.6) is 0 Å². The zero-order chi connectivity index (χ0) is 16.5. The van der Waals surface area contributed by atoms with Crippen molar-refractivity contribution in [3.63, 3.8) is 0 Å². The average Bonchev–Trinajstić information content (AvgIpc) is 2.90. The van der Waals surface area contributed by atoms with Crippen LogP contribution in [0.1, 0.15) is 39.5 Å². The van der Waals surface area contributed by atoms with Crippen LogP contribution < -0.4 is 0 Å². The van der Waals surface area contributed by atoms with Crippen molar-refractivity contribution in [2.45, 2.75) is 45.1 Å². The minimum absolute atomic E-state index is 0.0643. The van der Waals surface area contributed by atoms with E-state index in [-0.39, 0.29) is 17.6 Å². The molecular formula is C14H24N2O5S. The van der Waals surface area contributed by atoms with Crippen LogP contribution >= 0.6 is 0 Å². The molecule has 2 saturated heterocycles. The van der Waals surface area contributed by atoms with Crippen LogP contribution in [0.3, 0.4) is 0 Å². The lowest BCUT2D eigenvalue weighted by Crippen LogP contribution is -2.54. The Bertz CT molecular complexity index is 554. The van der Waals surface area contributed by atoms with Gasteiger partial charge in [0, 0.05) is 25.6 Å². The summed E-state index contributed by atoms with van der Waals surface area (Å²) < 4.78 is 25.1. The molecular weight excluding hydrogens is 308 g/mol. The SMILES string of the molecule is CCS(=O)(=O)N1CCC(C(=O)N2CCC[C@]2(C)C(=O)O)CC1. The summed E-state index contributed by atoms with van der Waals surface area (Å²) in [6, 6.07) is 0. The fraction of sp³-hybridized carbons (Fsp3) is 0.857. The molecule has 2 fully saturated rings. The van der Waals surface area contributed by atoms with Crippen LogP contribution in [0.25, 0.3) is 0 Å². The van der Waals surface area contributed by atoms with E-state index < -0.39 is 21.5 Å². The van der Waals surface area contributed by atoms with Gasteiger partial charge in [-0.2, -0.15) is 0 Å². The highest BCUT2D eigenvalue weighted by Gasteiger charge is 2.47. The summed E-state index contributed by atoms with van der Waals surface area (Å²) in [4.78, 5) is 25.6. The number of piperidine rings is 1. The highest BCUT2D eigenvalue weighted by molar-refractivity contribution is 7.89. The normalized spacial score (nSPS) is 28.0.